The Labute approximate surface area is 170 Å². The molecule has 2 aromatic rings. The summed E-state index contributed by atoms with van der Waals surface area (Å²) in [6.07, 6.45) is 0.272. The van der Waals surface area contributed by atoms with Gasteiger partial charge in [-0.2, -0.15) is 0 Å². The minimum absolute atomic E-state index is 0.00986. The Bertz CT molecular complexity index is 840. The van der Waals surface area contributed by atoms with Crippen LogP contribution in [0.25, 0.3) is 0 Å². The Morgan fingerprint density at radius 3 is 2.48 bits per heavy atom. The first kappa shape index (κ1) is 21.5. The van der Waals surface area contributed by atoms with Crippen molar-refractivity contribution < 1.29 is 18.8 Å². The number of hydrogen-bond donors (Lipinski definition) is 1. The van der Waals surface area contributed by atoms with E-state index in [-0.39, 0.29) is 53.2 Å². The quantitative estimate of drug-likeness (QED) is 0.429. The average Bonchev–Trinajstić information content (AvgIpc) is 3.15. The smallest absolute Gasteiger partial charge is 0.220 e. The van der Waals surface area contributed by atoms with E-state index >= 15 is 0 Å². The zero-order chi connectivity index (χ0) is 20.0. The number of carbonyl (C=O) groups excluding carboxylic acids is 3. The first-order valence-electron chi connectivity index (χ1n) is 8.30. The Kier molecular flexibility index (Phi) is 7.95. The number of ketones is 2. The maximum Gasteiger partial charge on any atom is 0.220 e. The number of benzene rings is 1. The summed E-state index contributed by atoms with van der Waals surface area (Å²) in [4.78, 5) is 36.4. The molecule has 0 spiro atoms. The number of nitrogens with one attached hydrogen (secondary N) is 1. The zero-order valence-electron chi connectivity index (χ0n) is 14.6. The second kappa shape index (κ2) is 9.97. The van der Waals surface area contributed by atoms with Crippen LogP contribution in [0.15, 0.2) is 29.6 Å². The number of thiophene rings is 1. The average molecular weight is 430 g/mol. The number of hydrogen-bond acceptors (Lipinski definition) is 4. The molecule has 0 saturated heterocycles. The summed E-state index contributed by atoms with van der Waals surface area (Å²) in [5, 5.41) is 4.64. The van der Waals surface area contributed by atoms with Crippen molar-refractivity contribution in [2.75, 3.05) is 0 Å². The molecule has 0 bridgehead atoms. The van der Waals surface area contributed by atoms with Gasteiger partial charge in [0.15, 0.2) is 5.78 Å². The third kappa shape index (κ3) is 6.41. The lowest BCUT2D eigenvalue weighted by molar-refractivity contribution is -0.125. The number of Topliss-reactive ketones (excluding diaryl/α,β-unsaturated/α-hetero) is 2. The van der Waals surface area contributed by atoms with E-state index in [1.807, 2.05) is 0 Å². The molecule has 8 heteroatoms. The molecule has 1 atom stereocenters. The summed E-state index contributed by atoms with van der Waals surface area (Å²) in [6, 6.07) is 5.43. The summed E-state index contributed by atoms with van der Waals surface area (Å²) in [5.74, 6) is -1.20. The highest BCUT2D eigenvalue weighted by atomic mass is 35.5. The van der Waals surface area contributed by atoms with Crippen molar-refractivity contribution in [2.24, 2.45) is 0 Å². The summed E-state index contributed by atoms with van der Waals surface area (Å²) < 4.78 is 13.6. The summed E-state index contributed by atoms with van der Waals surface area (Å²) in [5.41, 5.74) is 0.403. The molecule has 2 rings (SSSR count). The molecule has 0 aliphatic carbocycles. The van der Waals surface area contributed by atoms with Gasteiger partial charge in [0.05, 0.1) is 15.9 Å². The van der Waals surface area contributed by atoms with Gasteiger partial charge in [-0.15, -0.1) is 11.3 Å². The standard InChI is InChI=1S/C19H18Cl2FNO3S/c1-11(13-9-16(22)15(21)10-14(13)20)23-19(26)7-5-12(24)4-6-17(25)18-3-2-8-27-18/h2-3,8-11H,4-7H2,1H3,(H,23,26). The molecule has 27 heavy (non-hydrogen) atoms. The van der Waals surface area contributed by atoms with E-state index in [9.17, 15) is 18.8 Å². The SMILES string of the molecule is CC(NC(=O)CCC(=O)CCC(=O)c1cccs1)c1cc(F)c(Cl)cc1Cl. The molecule has 0 aliphatic rings. The minimum Gasteiger partial charge on any atom is -0.350 e. The van der Waals surface area contributed by atoms with Crippen LogP contribution >= 0.6 is 34.5 Å². The van der Waals surface area contributed by atoms with Crippen molar-refractivity contribution in [3.05, 3.63) is 55.9 Å². The maximum atomic E-state index is 13.6. The van der Waals surface area contributed by atoms with E-state index in [2.05, 4.69) is 5.32 Å². The summed E-state index contributed by atoms with van der Waals surface area (Å²) in [6.45, 7) is 1.66. The highest BCUT2D eigenvalue weighted by Gasteiger charge is 2.17. The zero-order valence-corrected chi connectivity index (χ0v) is 16.9. The molecule has 0 aliphatic heterocycles. The molecule has 0 fully saturated rings. The number of halogens is 3. The van der Waals surface area contributed by atoms with E-state index < -0.39 is 11.9 Å². The molecule has 1 N–H and O–H groups in total. The Balaban J connectivity index is 1.77. The van der Waals surface area contributed by atoms with Crippen LogP contribution in [-0.4, -0.2) is 17.5 Å². The van der Waals surface area contributed by atoms with Gasteiger partial charge in [0, 0.05) is 30.7 Å². The first-order valence-corrected chi connectivity index (χ1v) is 9.93. The fourth-order valence-corrected chi connectivity index (χ4v) is 3.69. The van der Waals surface area contributed by atoms with Crippen molar-refractivity contribution in [1.82, 2.24) is 5.32 Å². The Morgan fingerprint density at radius 1 is 1.11 bits per heavy atom. The van der Waals surface area contributed by atoms with Crippen LogP contribution in [0, 0.1) is 5.82 Å². The molecule has 1 unspecified atom stereocenters. The van der Waals surface area contributed by atoms with Crippen LogP contribution in [0.5, 0.6) is 0 Å². The fourth-order valence-electron chi connectivity index (χ4n) is 2.45. The first-order chi connectivity index (χ1) is 12.8. The van der Waals surface area contributed by atoms with E-state index in [0.717, 1.165) is 0 Å². The molecular weight excluding hydrogens is 412 g/mol. The third-order valence-electron chi connectivity index (χ3n) is 3.94. The van der Waals surface area contributed by atoms with Crippen LogP contribution in [0.1, 0.15) is 53.9 Å². The van der Waals surface area contributed by atoms with Gasteiger partial charge in [0.25, 0.3) is 0 Å². The summed E-state index contributed by atoms with van der Waals surface area (Å²) >= 11 is 13.0. The van der Waals surface area contributed by atoms with Gasteiger partial charge in [-0.1, -0.05) is 29.3 Å². The van der Waals surface area contributed by atoms with Crippen LogP contribution in [0.4, 0.5) is 4.39 Å². The van der Waals surface area contributed by atoms with Crippen LogP contribution in [-0.2, 0) is 9.59 Å². The van der Waals surface area contributed by atoms with Gasteiger partial charge in [-0.3, -0.25) is 14.4 Å². The summed E-state index contributed by atoms with van der Waals surface area (Å²) in [7, 11) is 0. The van der Waals surface area contributed by atoms with Crippen molar-refractivity contribution in [1.29, 1.82) is 0 Å². The van der Waals surface area contributed by atoms with E-state index in [0.29, 0.717) is 10.4 Å². The van der Waals surface area contributed by atoms with Crippen molar-refractivity contribution in [2.45, 2.75) is 38.6 Å². The number of carbonyl (C=O) groups is 3. The minimum atomic E-state index is -0.622. The highest BCUT2D eigenvalue weighted by Crippen LogP contribution is 2.28. The van der Waals surface area contributed by atoms with Crippen molar-refractivity contribution in [3.63, 3.8) is 0 Å². The van der Waals surface area contributed by atoms with Gasteiger partial charge in [-0.05, 0) is 36.1 Å². The lowest BCUT2D eigenvalue weighted by atomic mass is 10.1. The monoisotopic (exact) mass is 429 g/mol. The van der Waals surface area contributed by atoms with Crippen LogP contribution in [0.3, 0.4) is 0 Å². The molecule has 0 radical (unpaired) electrons. The molecule has 4 nitrogen and oxygen atoms in total. The van der Waals surface area contributed by atoms with Gasteiger partial charge < -0.3 is 5.32 Å². The molecule has 1 heterocycles. The largest absolute Gasteiger partial charge is 0.350 e. The molecule has 1 aromatic heterocycles. The Morgan fingerprint density at radius 2 is 1.81 bits per heavy atom. The molecule has 0 saturated carbocycles. The normalized spacial score (nSPS) is 11.9. The van der Waals surface area contributed by atoms with Crippen LogP contribution < -0.4 is 5.32 Å². The number of rotatable bonds is 9. The van der Waals surface area contributed by atoms with Crippen molar-refractivity contribution >= 4 is 52.0 Å². The topological polar surface area (TPSA) is 63.2 Å². The van der Waals surface area contributed by atoms with Gasteiger partial charge in [0.2, 0.25) is 5.91 Å². The molecular formula is C19H18Cl2FNO3S. The predicted molar refractivity (Wildman–Crippen MR) is 105 cm³/mol. The molecule has 144 valence electrons. The fraction of sp³-hybridized carbons (Fsp3) is 0.316. The third-order valence-corrected chi connectivity index (χ3v) is 5.47. The highest BCUT2D eigenvalue weighted by molar-refractivity contribution is 7.12. The maximum absolute atomic E-state index is 13.6. The van der Waals surface area contributed by atoms with Gasteiger partial charge in [-0.25, -0.2) is 4.39 Å². The van der Waals surface area contributed by atoms with Gasteiger partial charge >= 0.3 is 0 Å². The Hall–Kier alpha value is -1.76. The second-order valence-corrected chi connectivity index (χ2v) is 7.78. The molecule has 1 amide bonds. The predicted octanol–water partition coefficient (Wildman–Crippen LogP) is 5.38. The van der Waals surface area contributed by atoms with Crippen molar-refractivity contribution in [3.8, 4) is 0 Å². The number of amides is 1. The van der Waals surface area contributed by atoms with E-state index in [4.69, 9.17) is 23.2 Å². The lowest BCUT2D eigenvalue weighted by Crippen LogP contribution is -2.27. The van der Waals surface area contributed by atoms with E-state index in [1.54, 1.807) is 24.4 Å². The lowest BCUT2D eigenvalue weighted by Gasteiger charge is -2.16. The van der Waals surface area contributed by atoms with Gasteiger partial charge in [0.1, 0.15) is 11.6 Å². The second-order valence-electron chi connectivity index (χ2n) is 6.02. The van der Waals surface area contributed by atoms with E-state index in [1.165, 1.54) is 23.5 Å². The van der Waals surface area contributed by atoms with Crippen LogP contribution in [0.2, 0.25) is 10.0 Å². The molecule has 1 aromatic carbocycles.